The fourth-order valence-electron chi connectivity index (χ4n) is 2.89. The van der Waals surface area contributed by atoms with Crippen molar-refractivity contribution < 1.29 is 23.8 Å². The predicted molar refractivity (Wildman–Crippen MR) is 103 cm³/mol. The number of esters is 1. The van der Waals surface area contributed by atoms with Crippen LogP contribution in [0.1, 0.15) is 20.7 Å². The van der Waals surface area contributed by atoms with Gasteiger partial charge in [0.15, 0.2) is 0 Å². The third kappa shape index (κ3) is 3.27. The molecule has 0 spiro atoms. The van der Waals surface area contributed by atoms with Crippen molar-refractivity contribution >= 4 is 22.6 Å². The van der Waals surface area contributed by atoms with Crippen LogP contribution < -0.4 is 20.5 Å². The summed E-state index contributed by atoms with van der Waals surface area (Å²) in [7, 11) is 4.08. The summed E-state index contributed by atoms with van der Waals surface area (Å²) < 4.78 is 16.2. The molecule has 0 radical (unpaired) electrons. The van der Waals surface area contributed by atoms with Crippen LogP contribution in [-0.2, 0) is 4.74 Å². The SMILES string of the molecule is COC(=O)c1cn(NC(=O)c2c(OC)cccc2OC)c(=O)c2ccccc12. The number of nitrogens with one attached hydrogen (secondary N) is 1. The summed E-state index contributed by atoms with van der Waals surface area (Å²) in [6, 6.07) is 11.4. The molecule has 0 saturated heterocycles. The molecule has 28 heavy (non-hydrogen) atoms. The fraction of sp³-hybridized carbons (Fsp3) is 0.150. The smallest absolute Gasteiger partial charge is 0.340 e. The third-order valence-corrected chi connectivity index (χ3v) is 4.21. The number of ether oxygens (including phenoxy) is 3. The lowest BCUT2D eigenvalue weighted by atomic mass is 10.1. The summed E-state index contributed by atoms with van der Waals surface area (Å²) in [4.78, 5) is 37.8. The van der Waals surface area contributed by atoms with E-state index in [2.05, 4.69) is 5.43 Å². The molecule has 8 heteroatoms. The van der Waals surface area contributed by atoms with Gasteiger partial charge in [-0.25, -0.2) is 9.47 Å². The van der Waals surface area contributed by atoms with E-state index >= 15 is 0 Å². The average Bonchev–Trinajstić information content (AvgIpc) is 2.74. The van der Waals surface area contributed by atoms with Crippen LogP contribution in [0.4, 0.5) is 0 Å². The highest BCUT2D eigenvalue weighted by Crippen LogP contribution is 2.28. The van der Waals surface area contributed by atoms with E-state index in [1.807, 2.05) is 0 Å². The second kappa shape index (κ2) is 7.83. The second-order valence-corrected chi connectivity index (χ2v) is 5.73. The molecule has 0 aliphatic carbocycles. The molecule has 3 aromatic rings. The average molecular weight is 382 g/mol. The van der Waals surface area contributed by atoms with E-state index in [-0.39, 0.29) is 28.0 Å². The lowest BCUT2D eigenvalue weighted by Gasteiger charge is -2.15. The van der Waals surface area contributed by atoms with Gasteiger partial charge in [0.05, 0.1) is 26.9 Å². The number of fused-ring (bicyclic) bond motifs is 1. The Bertz CT molecular complexity index is 1100. The molecule has 8 nitrogen and oxygen atoms in total. The number of benzene rings is 2. The maximum Gasteiger partial charge on any atom is 0.340 e. The molecular formula is C20H18N2O6. The van der Waals surface area contributed by atoms with E-state index < -0.39 is 17.4 Å². The number of hydrogen-bond acceptors (Lipinski definition) is 6. The maximum absolute atomic E-state index is 12.9. The van der Waals surface area contributed by atoms with Gasteiger partial charge in [-0.2, -0.15) is 0 Å². The standard InChI is InChI=1S/C20H18N2O6/c1-26-15-9-6-10-16(27-2)17(15)18(23)21-22-11-14(20(25)28-3)12-7-4-5-8-13(12)19(22)24/h4-11H,1-3H3,(H,21,23). The Morgan fingerprint density at radius 1 is 0.893 bits per heavy atom. The molecule has 1 amide bonds. The number of carbonyl (C=O) groups excluding carboxylic acids is 2. The van der Waals surface area contributed by atoms with E-state index in [1.54, 1.807) is 42.5 Å². The summed E-state index contributed by atoms with van der Waals surface area (Å²) in [5.74, 6) is -0.714. The van der Waals surface area contributed by atoms with Crippen LogP contribution in [0.25, 0.3) is 10.8 Å². The van der Waals surface area contributed by atoms with Crippen LogP contribution in [-0.4, -0.2) is 37.9 Å². The van der Waals surface area contributed by atoms with Crippen molar-refractivity contribution in [1.29, 1.82) is 0 Å². The molecule has 0 aliphatic rings. The summed E-state index contributed by atoms with van der Waals surface area (Å²) in [6.45, 7) is 0. The Balaban J connectivity index is 2.14. The molecule has 1 heterocycles. The molecule has 1 N–H and O–H groups in total. The molecule has 2 aromatic carbocycles. The van der Waals surface area contributed by atoms with Gasteiger partial charge in [0.2, 0.25) is 0 Å². The normalized spacial score (nSPS) is 10.4. The van der Waals surface area contributed by atoms with Crippen LogP contribution in [0.5, 0.6) is 11.5 Å². The highest BCUT2D eigenvalue weighted by Gasteiger charge is 2.21. The Labute approximate surface area is 160 Å². The van der Waals surface area contributed by atoms with Crippen LogP contribution >= 0.6 is 0 Å². The Kier molecular flexibility index (Phi) is 5.30. The highest BCUT2D eigenvalue weighted by atomic mass is 16.5. The Morgan fingerprint density at radius 2 is 1.50 bits per heavy atom. The molecule has 3 rings (SSSR count). The third-order valence-electron chi connectivity index (χ3n) is 4.21. The van der Waals surface area contributed by atoms with Gasteiger partial charge < -0.3 is 14.2 Å². The quantitative estimate of drug-likeness (QED) is 0.680. The number of carbonyl (C=O) groups is 2. The first-order chi connectivity index (χ1) is 13.5. The van der Waals surface area contributed by atoms with Crippen LogP contribution in [0, 0.1) is 0 Å². The highest BCUT2D eigenvalue weighted by molar-refractivity contribution is 6.06. The summed E-state index contributed by atoms with van der Waals surface area (Å²) >= 11 is 0. The van der Waals surface area contributed by atoms with E-state index in [9.17, 15) is 14.4 Å². The van der Waals surface area contributed by atoms with Gasteiger partial charge in [0.1, 0.15) is 17.1 Å². The fourth-order valence-corrected chi connectivity index (χ4v) is 2.89. The molecule has 0 saturated carbocycles. The number of aromatic nitrogens is 1. The van der Waals surface area contributed by atoms with E-state index in [1.165, 1.54) is 27.5 Å². The zero-order valence-electron chi connectivity index (χ0n) is 15.5. The molecule has 0 atom stereocenters. The van der Waals surface area contributed by atoms with Crippen molar-refractivity contribution in [1.82, 2.24) is 4.68 Å². The first-order valence-electron chi connectivity index (χ1n) is 8.26. The first kappa shape index (κ1) is 19.0. The largest absolute Gasteiger partial charge is 0.496 e. The summed E-state index contributed by atoms with van der Waals surface area (Å²) in [5, 5.41) is 0.692. The lowest BCUT2D eigenvalue weighted by molar-refractivity contribution is 0.0601. The van der Waals surface area contributed by atoms with Gasteiger partial charge in [-0.1, -0.05) is 24.3 Å². The number of pyridine rings is 1. The van der Waals surface area contributed by atoms with Crippen LogP contribution in [0.3, 0.4) is 0 Å². The number of nitrogens with zero attached hydrogens (tertiary/aromatic N) is 1. The van der Waals surface area contributed by atoms with E-state index in [4.69, 9.17) is 14.2 Å². The summed E-state index contributed by atoms with van der Waals surface area (Å²) in [6.07, 6.45) is 1.23. The zero-order valence-corrected chi connectivity index (χ0v) is 15.5. The molecule has 1 aromatic heterocycles. The minimum atomic E-state index is -0.637. The van der Waals surface area contributed by atoms with Gasteiger partial charge in [0.25, 0.3) is 11.5 Å². The number of amides is 1. The predicted octanol–water partition coefficient (Wildman–Crippen LogP) is 2.19. The maximum atomic E-state index is 12.9. The van der Waals surface area contributed by atoms with Crippen molar-refractivity contribution in [3.63, 3.8) is 0 Å². The van der Waals surface area contributed by atoms with E-state index in [0.29, 0.717) is 5.39 Å². The van der Waals surface area contributed by atoms with Crippen molar-refractivity contribution in [3.05, 3.63) is 70.1 Å². The molecule has 0 fully saturated rings. The molecular weight excluding hydrogens is 364 g/mol. The molecule has 144 valence electrons. The monoisotopic (exact) mass is 382 g/mol. The van der Waals surface area contributed by atoms with Crippen molar-refractivity contribution in [2.45, 2.75) is 0 Å². The summed E-state index contributed by atoms with van der Waals surface area (Å²) in [5.41, 5.74) is 2.25. The van der Waals surface area contributed by atoms with Crippen molar-refractivity contribution in [2.24, 2.45) is 0 Å². The van der Waals surface area contributed by atoms with Gasteiger partial charge in [-0.05, 0) is 18.2 Å². The number of rotatable bonds is 5. The topological polar surface area (TPSA) is 95.9 Å². The molecule has 0 bridgehead atoms. The minimum Gasteiger partial charge on any atom is -0.496 e. The van der Waals surface area contributed by atoms with Crippen LogP contribution in [0.2, 0.25) is 0 Å². The van der Waals surface area contributed by atoms with Gasteiger partial charge >= 0.3 is 5.97 Å². The molecule has 0 unspecified atom stereocenters. The van der Waals surface area contributed by atoms with Crippen LogP contribution in [0.15, 0.2) is 53.5 Å². The first-order valence-corrected chi connectivity index (χ1v) is 8.26. The van der Waals surface area contributed by atoms with Crippen molar-refractivity contribution in [3.8, 4) is 11.5 Å². The Morgan fingerprint density at radius 3 is 2.07 bits per heavy atom. The molecule has 0 aliphatic heterocycles. The van der Waals surface area contributed by atoms with Gasteiger partial charge in [-0.3, -0.25) is 15.0 Å². The van der Waals surface area contributed by atoms with E-state index in [0.717, 1.165) is 4.68 Å². The van der Waals surface area contributed by atoms with Gasteiger partial charge in [0, 0.05) is 17.0 Å². The van der Waals surface area contributed by atoms with Gasteiger partial charge in [-0.15, -0.1) is 0 Å². The second-order valence-electron chi connectivity index (χ2n) is 5.73. The number of methoxy groups -OCH3 is 3. The number of hydrogen-bond donors (Lipinski definition) is 1. The van der Waals surface area contributed by atoms with Crippen molar-refractivity contribution in [2.75, 3.05) is 26.8 Å². The zero-order chi connectivity index (χ0) is 20.3. The lowest BCUT2D eigenvalue weighted by Crippen LogP contribution is -2.34. The minimum absolute atomic E-state index is 0.118. The Hall–Kier alpha value is -3.81.